The van der Waals surface area contributed by atoms with Gasteiger partial charge in [-0.05, 0) is 39.0 Å². The molecule has 2 aromatic carbocycles. The number of rotatable bonds is 8. The number of hydrogen-bond acceptors (Lipinski definition) is 3. The highest BCUT2D eigenvalue weighted by Crippen LogP contribution is 2.25. The van der Waals surface area contributed by atoms with E-state index in [2.05, 4.69) is 35.5 Å². The first-order valence-electron chi connectivity index (χ1n) is 9.18. The van der Waals surface area contributed by atoms with Gasteiger partial charge in [-0.15, -0.1) is 24.0 Å². The molecule has 0 aliphatic carbocycles. The first kappa shape index (κ1) is 24.4. The maximum absolute atomic E-state index is 12.3. The van der Waals surface area contributed by atoms with E-state index in [1.54, 1.807) is 7.11 Å². The van der Waals surface area contributed by atoms with Gasteiger partial charge >= 0.3 is 0 Å². The highest BCUT2D eigenvalue weighted by atomic mass is 127. The molecule has 2 aromatic rings. The Morgan fingerprint density at radius 3 is 2.57 bits per heavy atom. The fourth-order valence-corrected chi connectivity index (χ4v) is 3.68. The summed E-state index contributed by atoms with van der Waals surface area (Å²) in [6.45, 7) is 7.40. The van der Waals surface area contributed by atoms with Crippen LogP contribution >= 0.6 is 24.0 Å². The number of aliphatic imine (C=N–C) groups is 1. The summed E-state index contributed by atoms with van der Waals surface area (Å²) in [5.74, 6) is 2.04. The molecule has 0 bridgehead atoms. The van der Waals surface area contributed by atoms with Crippen LogP contribution in [0, 0.1) is 6.92 Å². The van der Waals surface area contributed by atoms with Crippen LogP contribution in [0.5, 0.6) is 5.75 Å². The smallest absolute Gasteiger partial charge is 0.191 e. The van der Waals surface area contributed by atoms with Gasteiger partial charge in [-0.3, -0.25) is 9.20 Å². The van der Waals surface area contributed by atoms with E-state index >= 15 is 0 Å². The Bertz CT molecular complexity index is 784. The van der Waals surface area contributed by atoms with Gasteiger partial charge in [0.05, 0.1) is 30.5 Å². The standard InChI is InChI=1S/C21H29N3O2S.HI/c1-5-22-21(23-13-14-27(25)18-9-7-6-8-10-18)24-17(3)19-15-16(2)11-12-20(19)26-4;/h6-12,15,17H,5,13-14H2,1-4H3,(H2,22,23,24);1H. The summed E-state index contributed by atoms with van der Waals surface area (Å²) in [7, 11) is 0.636. The molecule has 0 radical (unpaired) electrons. The minimum Gasteiger partial charge on any atom is -0.496 e. The van der Waals surface area contributed by atoms with Crippen molar-refractivity contribution in [3.63, 3.8) is 0 Å². The van der Waals surface area contributed by atoms with Gasteiger partial charge in [0.25, 0.3) is 0 Å². The monoisotopic (exact) mass is 515 g/mol. The molecular weight excluding hydrogens is 485 g/mol. The van der Waals surface area contributed by atoms with Gasteiger partial charge in [-0.1, -0.05) is 35.9 Å². The zero-order valence-corrected chi connectivity index (χ0v) is 20.0. The quantitative estimate of drug-likeness (QED) is 0.317. The van der Waals surface area contributed by atoms with Crippen molar-refractivity contribution in [2.24, 2.45) is 4.99 Å². The predicted octanol–water partition coefficient (Wildman–Crippen LogP) is 4.05. The molecule has 2 unspecified atom stereocenters. The van der Waals surface area contributed by atoms with E-state index in [-0.39, 0.29) is 30.0 Å². The molecular formula is C21H30IN3O2S. The molecule has 5 nitrogen and oxygen atoms in total. The second-order valence-electron chi connectivity index (χ2n) is 6.23. The van der Waals surface area contributed by atoms with Gasteiger partial charge in [0.15, 0.2) is 5.96 Å². The summed E-state index contributed by atoms with van der Waals surface area (Å²) in [6, 6.07) is 15.7. The molecule has 0 aromatic heterocycles. The van der Waals surface area contributed by atoms with Crippen LogP contribution in [-0.4, -0.2) is 36.1 Å². The number of benzene rings is 2. The number of methoxy groups -OCH3 is 1. The molecule has 0 fully saturated rings. The maximum atomic E-state index is 12.3. The van der Waals surface area contributed by atoms with Gasteiger partial charge in [-0.2, -0.15) is 0 Å². The molecule has 0 amide bonds. The molecule has 28 heavy (non-hydrogen) atoms. The van der Waals surface area contributed by atoms with Crippen LogP contribution < -0.4 is 15.4 Å². The third-order valence-electron chi connectivity index (χ3n) is 4.10. The van der Waals surface area contributed by atoms with Crippen LogP contribution in [0.4, 0.5) is 0 Å². The van der Waals surface area contributed by atoms with E-state index in [9.17, 15) is 4.21 Å². The van der Waals surface area contributed by atoms with Crippen LogP contribution in [0.1, 0.15) is 31.0 Å². The molecule has 0 saturated heterocycles. The van der Waals surface area contributed by atoms with Crippen molar-refractivity contribution in [3.8, 4) is 5.75 Å². The van der Waals surface area contributed by atoms with E-state index in [1.807, 2.05) is 49.4 Å². The normalized spacial score (nSPS) is 13.2. The number of halogens is 1. The van der Waals surface area contributed by atoms with Crippen molar-refractivity contribution in [1.82, 2.24) is 10.6 Å². The average molecular weight is 515 g/mol. The molecule has 2 rings (SSSR count). The van der Waals surface area contributed by atoms with Gasteiger partial charge in [-0.25, -0.2) is 0 Å². The Morgan fingerprint density at radius 2 is 1.93 bits per heavy atom. The Labute approximate surface area is 187 Å². The molecule has 2 N–H and O–H groups in total. The van der Waals surface area contributed by atoms with Gasteiger partial charge < -0.3 is 15.4 Å². The molecule has 0 saturated carbocycles. The molecule has 0 spiro atoms. The minimum absolute atomic E-state index is 0. The van der Waals surface area contributed by atoms with Crippen LogP contribution in [-0.2, 0) is 10.8 Å². The van der Waals surface area contributed by atoms with E-state index in [1.165, 1.54) is 5.56 Å². The van der Waals surface area contributed by atoms with Crippen molar-refractivity contribution in [1.29, 1.82) is 0 Å². The largest absolute Gasteiger partial charge is 0.496 e. The molecule has 7 heteroatoms. The summed E-state index contributed by atoms with van der Waals surface area (Å²) in [4.78, 5) is 5.42. The van der Waals surface area contributed by atoms with Crippen LogP contribution in [0.3, 0.4) is 0 Å². The molecule has 2 atom stereocenters. The molecule has 0 aliphatic rings. The van der Waals surface area contributed by atoms with Crippen LogP contribution in [0.25, 0.3) is 0 Å². The number of aryl methyl sites for hydroxylation is 1. The Hall–Kier alpha value is -1.61. The Morgan fingerprint density at radius 1 is 1.21 bits per heavy atom. The number of guanidine groups is 1. The first-order chi connectivity index (χ1) is 13.0. The lowest BCUT2D eigenvalue weighted by molar-refractivity contribution is 0.405. The summed E-state index contributed by atoms with van der Waals surface area (Å²) >= 11 is 0. The van der Waals surface area contributed by atoms with Gasteiger partial charge in [0, 0.05) is 22.8 Å². The lowest BCUT2D eigenvalue weighted by Crippen LogP contribution is -2.39. The third-order valence-corrected chi connectivity index (χ3v) is 5.45. The highest BCUT2D eigenvalue weighted by Gasteiger charge is 2.13. The van der Waals surface area contributed by atoms with Crippen molar-refractivity contribution >= 4 is 40.7 Å². The fourth-order valence-electron chi connectivity index (χ4n) is 2.73. The van der Waals surface area contributed by atoms with Crippen LogP contribution in [0.2, 0.25) is 0 Å². The van der Waals surface area contributed by atoms with Crippen molar-refractivity contribution in [2.75, 3.05) is 26.0 Å². The SMILES string of the molecule is CCNC(=NCCS(=O)c1ccccc1)NC(C)c1cc(C)ccc1OC.I. The zero-order valence-electron chi connectivity index (χ0n) is 16.9. The van der Waals surface area contributed by atoms with Gasteiger partial charge in [0.2, 0.25) is 0 Å². The Balaban J connectivity index is 0.00000392. The van der Waals surface area contributed by atoms with Crippen molar-refractivity contribution < 1.29 is 8.95 Å². The lowest BCUT2D eigenvalue weighted by Gasteiger charge is -2.20. The van der Waals surface area contributed by atoms with Crippen molar-refractivity contribution in [3.05, 3.63) is 59.7 Å². The molecule has 0 aliphatic heterocycles. The van der Waals surface area contributed by atoms with E-state index < -0.39 is 10.8 Å². The Kier molecular flexibility index (Phi) is 11.1. The summed E-state index contributed by atoms with van der Waals surface area (Å²) < 4.78 is 17.8. The summed E-state index contributed by atoms with van der Waals surface area (Å²) in [6.07, 6.45) is 0. The number of hydrogen-bond donors (Lipinski definition) is 2. The number of ether oxygens (including phenoxy) is 1. The summed E-state index contributed by atoms with van der Waals surface area (Å²) in [5, 5.41) is 6.66. The second-order valence-corrected chi connectivity index (χ2v) is 7.81. The van der Waals surface area contributed by atoms with Crippen LogP contribution in [0.15, 0.2) is 58.4 Å². The first-order valence-corrected chi connectivity index (χ1v) is 10.5. The molecule has 0 heterocycles. The average Bonchev–Trinajstić information content (AvgIpc) is 2.68. The minimum atomic E-state index is -1.04. The topological polar surface area (TPSA) is 62.7 Å². The third kappa shape index (κ3) is 7.43. The maximum Gasteiger partial charge on any atom is 0.191 e. The summed E-state index contributed by atoms with van der Waals surface area (Å²) in [5.41, 5.74) is 2.26. The second kappa shape index (κ2) is 12.8. The molecule has 154 valence electrons. The van der Waals surface area contributed by atoms with Crippen molar-refractivity contribution in [2.45, 2.75) is 31.7 Å². The number of nitrogens with one attached hydrogen (secondary N) is 2. The van der Waals surface area contributed by atoms with E-state index in [0.717, 1.165) is 22.8 Å². The fraction of sp³-hybridized carbons (Fsp3) is 0.381. The van der Waals surface area contributed by atoms with E-state index in [0.29, 0.717) is 18.3 Å². The predicted molar refractivity (Wildman–Crippen MR) is 128 cm³/mol. The van der Waals surface area contributed by atoms with E-state index in [4.69, 9.17) is 4.74 Å². The van der Waals surface area contributed by atoms with Gasteiger partial charge in [0.1, 0.15) is 5.75 Å². The number of nitrogens with zero attached hydrogens (tertiary/aromatic N) is 1. The highest BCUT2D eigenvalue weighted by molar-refractivity contribution is 14.0. The zero-order chi connectivity index (χ0) is 19.6. The lowest BCUT2D eigenvalue weighted by atomic mass is 10.0.